The fourth-order valence-corrected chi connectivity index (χ4v) is 2.22. The van der Waals surface area contributed by atoms with Crippen LogP contribution >= 0.6 is 0 Å². The van der Waals surface area contributed by atoms with E-state index in [0.717, 1.165) is 0 Å². The van der Waals surface area contributed by atoms with Gasteiger partial charge in [0.15, 0.2) is 0 Å². The Kier molecular flexibility index (Phi) is 4.65. The summed E-state index contributed by atoms with van der Waals surface area (Å²) < 4.78 is 42.4. The number of esters is 1. The number of anilines is 3. The highest BCUT2D eigenvalue weighted by atomic mass is 19.4. The molecule has 3 rings (SSSR count). The summed E-state index contributed by atoms with van der Waals surface area (Å²) in [6.07, 6.45) is -2.80. The first-order valence-electron chi connectivity index (χ1n) is 7.51. The highest BCUT2D eigenvalue weighted by molar-refractivity contribution is 5.88. The average molecular weight is 365 g/mol. The van der Waals surface area contributed by atoms with Crippen LogP contribution < -0.4 is 15.4 Å². The lowest BCUT2D eigenvalue weighted by atomic mass is 10.3. The van der Waals surface area contributed by atoms with Gasteiger partial charge in [0.05, 0.1) is 5.39 Å². The van der Waals surface area contributed by atoms with E-state index >= 15 is 0 Å². The molecule has 10 heteroatoms. The van der Waals surface area contributed by atoms with E-state index in [1.54, 1.807) is 36.5 Å². The molecule has 1 aromatic carbocycles. The summed E-state index contributed by atoms with van der Waals surface area (Å²) in [5.74, 6) is 0.111. The Morgan fingerprint density at radius 1 is 1.19 bits per heavy atom. The van der Waals surface area contributed by atoms with E-state index in [4.69, 9.17) is 4.74 Å². The maximum Gasteiger partial charge on any atom is 0.405 e. The number of nitrogens with zero attached hydrogens (tertiary/aromatic N) is 2. The quantitative estimate of drug-likeness (QED) is 0.473. The van der Waals surface area contributed by atoms with Crippen LogP contribution in [0.1, 0.15) is 6.92 Å². The number of carbonyl (C=O) groups is 1. The largest absolute Gasteiger partial charge is 0.427 e. The number of H-pyrrole nitrogens is 1. The first kappa shape index (κ1) is 17.5. The molecule has 0 fully saturated rings. The maximum absolute atomic E-state index is 12.5. The van der Waals surface area contributed by atoms with Gasteiger partial charge >= 0.3 is 12.1 Å². The number of rotatable bonds is 5. The lowest BCUT2D eigenvalue weighted by Crippen LogP contribution is -2.22. The van der Waals surface area contributed by atoms with E-state index in [0.29, 0.717) is 22.5 Å². The topological polar surface area (TPSA) is 91.9 Å². The Hall–Kier alpha value is -3.30. The van der Waals surface area contributed by atoms with Crippen LogP contribution in [0.25, 0.3) is 11.0 Å². The lowest BCUT2D eigenvalue weighted by Gasteiger charge is -2.12. The van der Waals surface area contributed by atoms with Gasteiger partial charge in [-0.25, -0.2) is 0 Å². The molecule has 0 saturated heterocycles. The van der Waals surface area contributed by atoms with E-state index < -0.39 is 18.7 Å². The monoisotopic (exact) mass is 365 g/mol. The number of alkyl halides is 3. The molecule has 3 aromatic rings. The highest BCUT2D eigenvalue weighted by Gasteiger charge is 2.27. The summed E-state index contributed by atoms with van der Waals surface area (Å²) in [6.45, 7) is 0.0852. The lowest BCUT2D eigenvalue weighted by molar-refractivity contribution is -0.131. The predicted octanol–water partition coefficient (Wildman–Crippen LogP) is 3.60. The molecule has 0 unspecified atom stereocenters. The minimum Gasteiger partial charge on any atom is -0.427 e. The SMILES string of the molecule is CC(=O)Oc1ccc(Nc2nc(NCC(F)(F)F)c3cc[nH]c3n2)cc1. The molecule has 0 saturated carbocycles. The van der Waals surface area contributed by atoms with Gasteiger partial charge in [0.1, 0.15) is 23.8 Å². The molecule has 136 valence electrons. The van der Waals surface area contributed by atoms with Crippen molar-refractivity contribution in [2.24, 2.45) is 0 Å². The Labute approximate surface area is 145 Å². The standard InChI is InChI=1S/C16H14F3N5O2/c1-9(25)26-11-4-2-10(3-5-11)22-15-23-13-12(6-7-20-13)14(24-15)21-8-16(17,18)19/h2-7H,8H2,1H3,(H3,20,21,22,23,24). The van der Waals surface area contributed by atoms with Gasteiger partial charge in [-0.05, 0) is 30.3 Å². The van der Waals surface area contributed by atoms with Crippen LogP contribution in [-0.4, -0.2) is 33.6 Å². The number of ether oxygens (including phenoxy) is 1. The molecule has 2 aromatic heterocycles. The van der Waals surface area contributed by atoms with Gasteiger partial charge in [-0.3, -0.25) is 4.79 Å². The number of halogens is 3. The smallest absolute Gasteiger partial charge is 0.405 e. The van der Waals surface area contributed by atoms with Gasteiger partial charge in [-0.1, -0.05) is 0 Å². The number of aromatic nitrogens is 3. The van der Waals surface area contributed by atoms with Crippen molar-refractivity contribution < 1.29 is 22.7 Å². The van der Waals surface area contributed by atoms with Crippen molar-refractivity contribution in [1.82, 2.24) is 15.0 Å². The zero-order valence-corrected chi connectivity index (χ0v) is 13.5. The second-order valence-corrected chi connectivity index (χ2v) is 5.35. The molecule has 2 heterocycles. The normalized spacial score (nSPS) is 11.4. The number of benzene rings is 1. The summed E-state index contributed by atoms with van der Waals surface area (Å²) in [4.78, 5) is 22.1. The summed E-state index contributed by atoms with van der Waals surface area (Å²) in [5.41, 5.74) is 0.970. The average Bonchev–Trinajstić information content (AvgIpc) is 3.02. The molecule has 0 aliphatic carbocycles. The van der Waals surface area contributed by atoms with Crippen LogP contribution in [-0.2, 0) is 4.79 Å². The molecule has 0 spiro atoms. The number of nitrogens with one attached hydrogen (secondary N) is 3. The molecule has 0 atom stereocenters. The van der Waals surface area contributed by atoms with Crippen molar-refractivity contribution in [3.05, 3.63) is 36.5 Å². The van der Waals surface area contributed by atoms with Crippen molar-refractivity contribution in [1.29, 1.82) is 0 Å². The van der Waals surface area contributed by atoms with Crippen LogP contribution in [0.5, 0.6) is 5.75 Å². The van der Waals surface area contributed by atoms with Gasteiger partial charge in [0, 0.05) is 18.8 Å². The van der Waals surface area contributed by atoms with Gasteiger partial charge in [0.25, 0.3) is 0 Å². The van der Waals surface area contributed by atoms with E-state index in [1.807, 2.05) is 0 Å². The Bertz CT molecular complexity index is 922. The van der Waals surface area contributed by atoms with Crippen LogP contribution in [0.4, 0.5) is 30.6 Å². The zero-order chi connectivity index (χ0) is 18.7. The number of hydrogen-bond donors (Lipinski definition) is 3. The van der Waals surface area contributed by atoms with Crippen LogP contribution in [0, 0.1) is 0 Å². The fourth-order valence-electron chi connectivity index (χ4n) is 2.22. The van der Waals surface area contributed by atoms with Crippen molar-refractivity contribution in [3.63, 3.8) is 0 Å². The first-order chi connectivity index (χ1) is 12.3. The van der Waals surface area contributed by atoms with Crippen LogP contribution in [0.15, 0.2) is 36.5 Å². The summed E-state index contributed by atoms with van der Waals surface area (Å²) in [6, 6.07) is 7.98. The third kappa shape index (κ3) is 4.41. The molecule has 0 radical (unpaired) electrons. The van der Waals surface area contributed by atoms with Crippen molar-refractivity contribution >= 4 is 34.5 Å². The van der Waals surface area contributed by atoms with E-state index in [9.17, 15) is 18.0 Å². The highest BCUT2D eigenvalue weighted by Crippen LogP contribution is 2.25. The van der Waals surface area contributed by atoms with Gasteiger partial charge in [0.2, 0.25) is 5.95 Å². The molecular weight excluding hydrogens is 351 g/mol. The minimum absolute atomic E-state index is 0.0626. The molecule has 0 bridgehead atoms. The number of carbonyl (C=O) groups excluding carboxylic acids is 1. The number of aromatic amines is 1. The van der Waals surface area contributed by atoms with Crippen LogP contribution in [0.3, 0.4) is 0 Å². The molecule has 7 nitrogen and oxygen atoms in total. The fraction of sp³-hybridized carbons (Fsp3) is 0.188. The minimum atomic E-state index is -4.37. The molecule has 0 aliphatic rings. The van der Waals surface area contributed by atoms with Gasteiger partial charge < -0.3 is 20.4 Å². The van der Waals surface area contributed by atoms with E-state index in [1.165, 1.54) is 6.92 Å². The van der Waals surface area contributed by atoms with Gasteiger partial charge in [-0.2, -0.15) is 23.1 Å². The van der Waals surface area contributed by atoms with Gasteiger partial charge in [-0.15, -0.1) is 0 Å². The second-order valence-electron chi connectivity index (χ2n) is 5.35. The maximum atomic E-state index is 12.5. The second kappa shape index (κ2) is 6.90. The summed E-state index contributed by atoms with van der Waals surface area (Å²) in [7, 11) is 0. The number of hydrogen-bond acceptors (Lipinski definition) is 6. The molecule has 0 aliphatic heterocycles. The number of fused-ring (bicyclic) bond motifs is 1. The van der Waals surface area contributed by atoms with E-state index in [-0.39, 0.29) is 11.8 Å². The Morgan fingerprint density at radius 3 is 2.58 bits per heavy atom. The third-order valence-corrected chi connectivity index (χ3v) is 3.24. The van der Waals surface area contributed by atoms with Crippen LogP contribution in [0.2, 0.25) is 0 Å². The van der Waals surface area contributed by atoms with Crippen molar-refractivity contribution in [2.45, 2.75) is 13.1 Å². The third-order valence-electron chi connectivity index (χ3n) is 3.24. The Balaban J connectivity index is 1.82. The zero-order valence-electron chi connectivity index (χ0n) is 13.5. The summed E-state index contributed by atoms with van der Waals surface area (Å²) in [5, 5.41) is 5.63. The van der Waals surface area contributed by atoms with Crippen molar-refractivity contribution in [3.8, 4) is 5.75 Å². The summed E-state index contributed by atoms with van der Waals surface area (Å²) >= 11 is 0. The predicted molar refractivity (Wildman–Crippen MR) is 89.5 cm³/mol. The molecule has 26 heavy (non-hydrogen) atoms. The van der Waals surface area contributed by atoms with E-state index in [2.05, 4.69) is 25.6 Å². The van der Waals surface area contributed by atoms with Crippen molar-refractivity contribution in [2.75, 3.05) is 17.2 Å². The Morgan fingerprint density at radius 2 is 1.92 bits per heavy atom. The molecule has 3 N–H and O–H groups in total. The molecule has 0 amide bonds. The first-order valence-corrected chi connectivity index (χ1v) is 7.51. The molecular formula is C16H14F3N5O2.